The van der Waals surface area contributed by atoms with Crippen molar-refractivity contribution in [2.75, 3.05) is 0 Å². The molecule has 0 aliphatic rings. The van der Waals surface area contributed by atoms with Gasteiger partial charge in [0.2, 0.25) is 0 Å². The van der Waals surface area contributed by atoms with Crippen molar-refractivity contribution in [3.8, 4) is 16.9 Å². The maximum Gasteiger partial charge on any atom is 0.343 e. The Hall–Kier alpha value is -2.94. The van der Waals surface area contributed by atoms with E-state index in [2.05, 4.69) is 6.92 Å². The maximum atomic E-state index is 13.1. The van der Waals surface area contributed by atoms with Crippen LogP contribution in [-0.2, 0) is 6.42 Å². The fraction of sp³-hybridized carbons (Fsp3) is 0.296. The van der Waals surface area contributed by atoms with Crippen molar-refractivity contribution in [2.24, 2.45) is 0 Å². The summed E-state index contributed by atoms with van der Waals surface area (Å²) in [5.41, 5.74) is 3.58. The van der Waals surface area contributed by atoms with Crippen LogP contribution in [0.25, 0.3) is 11.1 Å². The molecule has 156 valence electrons. The van der Waals surface area contributed by atoms with Crippen molar-refractivity contribution in [3.63, 3.8) is 0 Å². The van der Waals surface area contributed by atoms with Crippen molar-refractivity contribution >= 4 is 5.97 Å². The van der Waals surface area contributed by atoms with E-state index in [9.17, 15) is 9.18 Å². The van der Waals surface area contributed by atoms with Crippen molar-refractivity contribution in [1.82, 2.24) is 0 Å². The van der Waals surface area contributed by atoms with Gasteiger partial charge in [-0.3, -0.25) is 0 Å². The van der Waals surface area contributed by atoms with Crippen LogP contribution in [0.2, 0.25) is 0 Å². The summed E-state index contributed by atoms with van der Waals surface area (Å²) in [7, 11) is 0. The molecule has 3 aromatic rings. The summed E-state index contributed by atoms with van der Waals surface area (Å²) in [6.45, 7) is 2.23. The summed E-state index contributed by atoms with van der Waals surface area (Å²) in [6.07, 6.45) is 8.77. The number of benzene rings is 3. The number of esters is 1. The minimum atomic E-state index is -0.385. The van der Waals surface area contributed by atoms with Gasteiger partial charge in [0, 0.05) is 0 Å². The average Bonchev–Trinajstić information content (AvgIpc) is 2.78. The lowest BCUT2D eigenvalue weighted by atomic mass is 10.0. The largest absolute Gasteiger partial charge is 0.423 e. The zero-order valence-electron chi connectivity index (χ0n) is 17.6. The number of aryl methyl sites for hydroxylation is 1. The van der Waals surface area contributed by atoms with Crippen molar-refractivity contribution in [2.45, 2.75) is 51.9 Å². The quantitative estimate of drug-likeness (QED) is 0.197. The number of halogens is 1. The molecule has 0 saturated heterocycles. The third-order valence-corrected chi connectivity index (χ3v) is 5.25. The molecule has 0 fully saturated rings. The van der Waals surface area contributed by atoms with E-state index < -0.39 is 0 Å². The zero-order valence-corrected chi connectivity index (χ0v) is 17.6. The molecule has 3 heteroatoms. The van der Waals surface area contributed by atoms with Crippen LogP contribution < -0.4 is 4.74 Å². The molecule has 3 rings (SSSR count). The first-order valence-corrected chi connectivity index (χ1v) is 10.8. The molecule has 0 amide bonds. The molecule has 0 heterocycles. The second-order valence-corrected chi connectivity index (χ2v) is 7.64. The summed E-state index contributed by atoms with van der Waals surface area (Å²) >= 11 is 0. The van der Waals surface area contributed by atoms with Crippen molar-refractivity contribution < 1.29 is 13.9 Å². The van der Waals surface area contributed by atoms with Crippen LogP contribution >= 0.6 is 0 Å². The van der Waals surface area contributed by atoms with Gasteiger partial charge in [0.15, 0.2) is 0 Å². The Morgan fingerprint density at radius 2 is 1.30 bits per heavy atom. The standard InChI is InChI=1S/C27H29FO2/c1-2-3-4-5-6-7-8-21-9-19-26(20-10-21)30-27(29)24-13-11-22(12-14-24)23-15-17-25(28)18-16-23/h9-20H,2-8H2,1H3. The van der Waals surface area contributed by atoms with Gasteiger partial charge in [-0.15, -0.1) is 0 Å². The van der Waals surface area contributed by atoms with E-state index in [1.54, 1.807) is 24.3 Å². The molecule has 30 heavy (non-hydrogen) atoms. The fourth-order valence-electron chi connectivity index (χ4n) is 3.44. The molecule has 0 N–H and O–H groups in total. The van der Waals surface area contributed by atoms with Gasteiger partial charge in [0.05, 0.1) is 5.56 Å². The van der Waals surface area contributed by atoms with Gasteiger partial charge in [-0.1, -0.05) is 75.4 Å². The molecule has 0 aliphatic heterocycles. The topological polar surface area (TPSA) is 26.3 Å². The van der Waals surface area contributed by atoms with Gasteiger partial charge in [0.1, 0.15) is 11.6 Å². The minimum absolute atomic E-state index is 0.267. The van der Waals surface area contributed by atoms with Crippen LogP contribution in [0.5, 0.6) is 5.75 Å². The Morgan fingerprint density at radius 1 is 0.733 bits per heavy atom. The average molecular weight is 405 g/mol. The zero-order chi connectivity index (χ0) is 21.2. The SMILES string of the molecule is CCCCCCCCc1ccc(OC(=O)c2ccc(-c3ccc(F)cc3)cc2)cc1. The molecule has 3 aromatic carbocycles. The lowest BCUT2D eigenvalue weighted by Crippen LogP contribution is -2.08. The Kier molecular flexibility index (Phi) is 8.20. The molecule has 0 aliphatic carbocycles. The number of carbonyl (C=O) groups is 1. The van der Waals surface area contributed by atoms with E-state index in [1.807, 2.05) is 36.4 Å². The number of carbonyl (C=O) groups excluding carboxylic acids is 1. The highest BCUT2D eigenvalue weighted by Gasteiger charge is 2.09. The van der Waals surface area contributed by atoms with Gasteiger partial charge in [0.25, 0.3) is 0 Å². The monoisotopic (exact) mass is 404 g/mol. The van der Waals surface area contributed by atoms with Crippen molar-refractivity contribution in [1.29, 1.82) is 0 Å². The second-order valence-electron chi connectivity index (χ2n) is 7.64. The predicted octanol–water partition coefficient (Wildman–Crippen LogP) is 7.61. The van der Waals surface area contributed by atoms with E-state index in [4.69, 9.17) is 4.74 Å². The summed E-state index contributed by atoms with van der Waals surface area (Å²) < 4.78 is 18.6. The smallest absolute Gasteiger partial charge is 0.343 e. The summed E-state index contributed by atoms with van der Waals surface area (Å²) in [5, 5.41) is 0. The molecule has 0 saturated carbocycles. The fourth-order valence-corrected chi connectivity index (χ4v) is 3.44. The van der Waals surface area contributed by atoms with Gasteiger partial charge in [-0.2, -0.15) is 0 Å². The normalized spacial score (nSPS) is 10.7. The van der Waals surface area contributed by atoms with E-state index in [0.29, 0.717) is 11.3 Å². The number of rotatable bonds is 10. The summed E-state index contributed by atoms with van der Waals surface area (Å²) in [4.78, 5) is 12.4. The van der Waals surface area contributed by atoms with E-state index in [0.717, 1.165) is 17.5 Å². The molecule has 0 spiro atoms. The van der Waals surface area contributed by atoms with Gasteiger partial charge < -0.3 is 4.74 Å². The lowest BCUT2D eigenvalue weighted by Gasteiger charge is -2.07. The molecule has 0 aromatic heterocycles. The first kappa shape index (κ1) is 21.8. The van der Waals surface area contributed by atoms with Crippen LogP contribution in [0.4, 0.5) is 4.39 Å². The highest BCUT2D eigenvalue weighted by molar-refractivity contribution is 5.91. The first-order valence-electron chi connectivity index (χ1n) is 10.8. The van der Waals surface area contributed by atoms with Gasteiger partial charge in [-0.05, 0) is 65.9 Å². The van der Waals surface area contributed by atoms with Crippen LogP contribution in [0.15, 0.2) is 72.8 Å². The molecule has 0 radical (unpaired) electrons. The molecular weight excluding hydrogens is 375 g/mol. The number of unbranched alkanes of at least 4 members (excludes halogenated alkanes) is 5. The maximum absolute atomic E-state index is 13.1. The highest BCUT2D eigenvalue weighted by atomic mass is 19.1. The first-order chi connectivity index (χ1) is 14.7. The molecule has 0 atom stereocenters. The summed E-state index contributed by atoms with van der Waals surface area (Å²) in [6, 6.07) is 21.2. The van der Waals surface area contributed by atoms with Gasteiger partial charge in [-0.25, -0.2) is 9.18 Å². The van der Waals surface area contributed by atoms with E-state index in [1.165, 1.54) is 56.2 Å². The highest BCUT2D eigenvalue weighted by Crippen LogP contribution is 2.21. The molecule has 0 unspecified atom stereocenters. The van der Waals surface area contributed by atoms with E-state index >= 15 is 0 Å². The minimum Gasteiger partial charge on any atom is -0.423 e. The van der Waals surface area contributed by atoms with E-state index in [-0.39, 0.29) is 11.8 Å². The Labute approximate surface area is 178 Å². The Bertz CT molecular complexity index is 913. The second kappa shape index (κ2) is 11.3. The van der Waals surface area contributed by atoms with Crippen LogP contribution in [0, 0.1) is 5.82 Å². The van der Waals surface area contributed by atoms with Crippen LogP contribution in [-0.4, -0.2) is 5.97 Å². The number of hydrogen-bond acceptors (Lipinski definition) is 2. The number of ether oxygens (including phenoxy) is 1. The Balaban J connectivity index is 1.50. The molecule has 0 bridgehead atoms. The van der Waals surface area contributed by atoms with Crippen molar-refractivity contribution in [3.05, 3.63) is 89.7 Å². The predicted molar refractivity (Wildman–Crippen MR) is 120 cm³/mol. The number of hydrogen-bond donors (Lipinski definition) is 0. The van der Waals surface area contributed by atoms with Gasteiger partial charge >= 0.3 is 5.97 Å². The third kappa shape index (κ3) is 6.55. The summed E-state index contributed by atoms with van der Waals surface area (Å²) in [5.74, 6) is -0.101. The molecule has 2 nitrogen and oxygen atoms in total. The molecular formula is C27H29FO2. The third-order valence-electron chi connectivity index (χ3n) is 5.25. The Morgan fingerprint density at radius 3 is 1.93 bits per heavy atom. The van der Waals surface area contributed by atoms with Crippen LogP contribution in [0.1, 0.15) is 61.4 Å². The van der Waals surface area contributed by atoms with Crippen LogP contribution in [0.3, 0.4) is 0 Å². The lowest BCUT2D eigenvalue weighted by molar-refractivity contribution is 0.0734.